The topological polar surface area (TPSA) is 78.9 Å². The van der Waals surface area contributed by atoms with Gasteiger partial charge in [-0.05, 0) is 116 Å². The summed E-state index contributed by atoms with van der Waals surface area (Å²) in [5.74, 6) is -0.936. The molecule has 0 bridgehead atoms. The Bertz CT molecular complexity index is 1410. The van der Waals surface area contributed by atoms with Crippen molar-refractivity contribution < 1.29 is 28.6 Å². The third-order valence-electron chi connectivity index (χ3n) is 12.6. The van der Waals surface area contributed by atoms with Gasteiger partial charge in [-0.2, -0.15) is 0 Å². The molecule has 71 heavy (non-hydrogen) atoms. The van der Waals surface area contributed by atoms with Crippen LogP contribution in [0.5, 0.6) is 0 Å². The van der Waals surface area contributed by atoms with Gasteiger partial charge in [0.1, 0.15) is 13.2 Å². The molecule has 6 nitrogen and oxygen atoms in total. The van der Waals surface area contributed by atoms with Gasteiger partial charge in [-0.25, -0.2) is 0 Å². The highest BCUT2D eigenvalue weighted by Crippen LogP contribution is 2.15. The molecule has 0 aromatic carbocycles. The quantitative estimate of drug-likeness (QED) is 0.0261. The van der Waals surface area contributed by atoms with Crippen LogP contribution in [0.25, 0.3) is 0 Å². The fourth-order valence-electron chi connectivity index (χ4n) is 8.15. The molecule has 1 atom stereocenters. The van der Waals surface area contributed by atoms with Crippen LogP contribution in [0, 0.1) is 0 Å². The molecule has 0 aliphatic heterocycles. The fourth-order valence-corrected chi connectivity index (χ4v) is 8.15. The highest BCUT2D eigenvalue weighted by atomic mass is 16.6. The maximum Gasteiger partial charge on any atom is 0.306 e. The van der Waals surface area contributed by atoms with Crippen LogP contribution in [0.3, 0.4) is 0 Å². The molecule has 0 heterocycles. The molecule has 0 rings (SSSR count). The first-order chi connectivity index (χ1) is 35.0. The molecule has 0 amide bonds. The molecule has 0 aliphatic rings. The summed E-state index contributed by atoms with van der Waals surface area (Å²) in [4.78, 5) is 38.2. The van der Waals surface area contributed by atoms with Gasteiger partial charge in [-0.1, -0.05) is 240 Å². The standard InChI is InChI=1S/C65H110O6/c1-4-7-10-13-16-19-22-25-27-29-31-32-34-35-37-40-43-46-49-52-55-58-64(67)70-61-62(60-69-63(66)57-54-51-48-45-42-39-24-21-18-15-12-9-6-3)71-65(68)59-56-53-50-47-44-41-38-36-33-30-28-26-23-20-17-14-11-8-5-2/h8-9,11-12,17-18,20-21,26,28-29,31,33,36,39,42,62H,4-7,10,13-16,19,22-25,27,30,32,34-35,37-38,40-41,43-61H2,1-3H3/b11-8-,12-9-,20-17-,21-18-,28-26-,31-29-,36-33-,42-39-. The zero-order valence-corrected chi connectivity index (χ0v) is 46.5. The van der Waals surface area contributed by atoms with Gasteiger partial charge < -0.3 is 14.2 Å². The van der Waals surface area contributed by atoms with Gasteiger partial charge in [0.25, 0.3) is 0 Å². The summed E-state index contributed by atoms with van der Waals surface area (Å²) in [6, 6.07) is 0. The molecule has 0 spiro atoms. The summed E-state index contributed by atoms with van der Waals surface area (Å²) < 4.78 is 16.8. The molecule has 0 saturated carbocycles. The smallest absolute Gasteiger partial charge is 0.306 e. The summed E-state index contributed by atoms with van der Waals surface area (Å²) in [6.07, 6.45) is 78.3. The summed E-state index contributed by atoms with van der Waals surface area (Å²) in [5, 5.41) is 0. The average molecular weight is 988 g/mol. The van der Waals surface area contributed by atoms with Gasteiger partial charge in [0.2, 0.25) is 0 Å². The lowest BCUT2D eigenvalue weighted by molar-refractivity contribution is -0.167. The van der Waals surface area contributed by atoms with E-state index in [9.17, 15) is 14.4 Å². The molecule has 0 radical (unpaired) electrons. The molecule has 1 unspecified atom stereocenters. The first-order valence-corrected chi connectivity index (χ1v) is 29.7. The van der Waals surface area contributed by atoms with E-state index in [1.165, 1.54) is 116 Å². The van der Waals surface area contributed by atoms with Crippen molar-refractivity contribution in [1.82, 2.24) is 0 Å². The van der Waals surface area contributed by atoms with E-state index in [1.54, 1.807) is 0 Å². The molecule has 0 aliphatic carbocycles. The molecule has 0 fully saturated rings. The van der Waals surface area contributed by atoms with Crippen molar-refractivity contribution in [3.05, 3.63) is 97.2 Å². The maximum atomic E-state index is 12.9. The third kappa shape index (κ3) is 57.1. The zero-order valence-electron chi connectivity index (χ0n) is 46.5. The van der Waals surface area contributed by atoms with Gasteiger partial charge in [0.05, 0.1) is 0 Å². The number of allylic oxidation sites excluding steroid dienone is 16. The van der Waals surface area contributed by atoms with E-state index in [1.807, 2.05) is 0 Å². The molecule has 0 aromatic heterocycles. The minimum Gasteiger partial charge on any atom is -0.462 e. The average Bonchev–Trinajstić information content (AvgIpc) is 3.37. The molecular formula is C65H110O6. The predicted octanol–water partition coefficient (Wildman–Crippen LogP) is 20.1. The van der Waals surface area contributed by atoms with Gasteiger partial charge >= 0.3 is 17.9 Å². The number of unbranched alkanes of at least 4 members (excludes halogenated alkanes) is 26. The van der Waals surface area contributed by atoms with Crippen LogP contribution in [0.15, 0.2) is 97.2 Å². The second-order valence-electron chi connectivity index (χ2n) is 19.5. The Morgan fingerprint density at radius 2 is 0.549 bits per heavy atom. The Morgan fingerprint density at radius 3 is 0.887 bits per heavy atom. The van der Waals surface area contributed by atoms with Crippen molar-refractivity contribution in [2.75, 3.05) is 13.2 Å². The second kappa shape index (κ2) is 58.9. The Hall–Kier alpha value is -3.67. The van der Waals surface area contributed by atoms with Crippen molar-refractivity contribution in [1.29, 1.82) is 0 Å². The first kappa shape index (κ1) is 67.3. The lowest BCUT2D eigenvalue weighted by Crippen LogP contribution is -2.30. The lowest BCUT2D eigenvalue weighted by Gasteiger charge is -2.18. The molecule has 0 N–H and O–H groups in total. The Kier molecular flexibility index (Phi) is 55.9. The number of carbonyl (C=O) groups excluding carboxylic acids is 3. The minimum atomic E-state index is -0.800. The van der Waals surface area contributed by atoms with Crippen molar-refractivity contribution in [2.45, 2.75) is 284 Å². The Morgan fingerprint density at radius 1 is 0.296 bits per heavy atom. The Labute approximate surface area is 438 Å². The second-order valence-corrected chi connectivity index (χ2v) is 19.5. The van der Waals surface area contributed by atoms with E-state index < -0.39 is 6.10 Å². The van der Waals surface area contributed by atoms with Crippen molar-refractivity contribution in [3.63, 3.8) is 0 Å². The minimum absolute atomic E-state index is 0.0941. The molecule has 0 saturated heterocycles. The van der Waals surface area contributed by atoms with E-state index in [4.69, 9.17) is 14.2 Å². The zero-order chi connectivity index (χ0) is 51.4. The van der Waals surface area contributed by atoms with Crippen molar-refractivity contribution in [3.8, 4) is 0 Å². The van der Waals surface area contributed by atoms with Crippen LogP contribution in [-0.4, -0.2) is 37.2 Å². The van der Waals surface area contributed by atoms with Crippen LogP contribution < -0.4 is 0 Å². The number of rotatable bonds is 53. The van der Waals surface area contributed by atoms with Gasteiger partial charge in [-0.3, -0.25) is 14.4 Å². The Balaban J connectivity index is 4.40. The maximum absolute atomic E-state index is 12.9. The van der Waals surface area contributed by atoms with E-state index in [2.05, 4.69) is 118 Å². The molecule has 406 valence electrons. The number of hydrogen-bond donors (Lipinski definition) is 0. The monoisotopic (exact) mass is 987 g/mol. The number of carbonyl (C=O) groups is 3. The summed E-state index contributed by atoms with van der Waals surface area (Å²) in [7, 11) is 0. The van der Waals surface area contributed by atoms with E-state index in [0.29, 0.717) is 19.3 Å². The predicted molar refractivity (Wildman–Crippen MR) is 307 cm³/mol. The van der Waals surface area contributed by atoms with Gasteiger partial charge in [0.15, 0.2) is 6.10 Å². The SMILES string of the molecule is CC/C=C\C/C=C\C/C=C\C/C=C\CCCCCCCCC(=O)OC(COC(=O)CCCCC/C=C\C/C=C\C/C=C\CC)COC(=O)CCCCCCCCCCC/C=C\CCCCCCCCCC. The van der Waals surface area contributed by atoms with E-state index >= 15 is 0 Å². The van der Waals surface area contributed by atoms with Crippen LogP contribution >= 0.6 is 0 Å². The van der Waals surface area contributed by atoms with Crippen LogP contribution in [0.4, 0.5) is 0 Å². The summed E-state index contributed by atoms with van der Waals surface area (Å²) >= 11 is 0. The van der Waals surface area contributed by atoms with Gasteiger partial charge in [-0.15, -0.1) is 0 Å². The van der Waals surface area contributed by atoms with Crippen LogP contribution in [0.1, 0.15) is 278 Å². The molecular weight excluding hydrogens is 877 g/mol. The van der Waals surface area contributed by atoms with Crippen molar-refractivity contribution in [2.24, 2.45) is 0 Å². The normalized spacial score (nSPS) is 12.8. The van der Waals surface area contributed by atoms with Crippen LogP contribution in [-0.2, 0) is 28.6 Å². The first-order valence-electron chi connectivity index (χ1n) is 29.7. The number of esters is 3. The highest BCUT2D eigenvalue weighted by Gasteiger charge is 2.19. The molecule has 6 heteroatoms. The largest absolute Gasteiger partial charge is 0.462 e. The van der Waals surface area contributed by atoms with E-state index in [-0.39, 0.29) is 31.1 Å². The summed E-state index contributed by atoms with van der Waals surface area (Å²) in [6.45, 7) is 6.39. The van der Waals surface area contributed by atoms with Crippen LogP contribution in [0.2, 0.25) is 0 Å². The number of ether oxygens (including phenoxy) is 3. The van der Waals surface area contributed by atoms with Crippen molar-refractivity contribution >= 4 is 17.9 Å². The number of hydrogen-bond acceptors (Lipinski definition) is 6. The lowest BCUT2D eigenvalue weighted by atomic mass is 10.1. The molecule has 0 aromatic rings. The summed E-state index contributed by atoms with van der Waals surface area (Å²) in [5.41, 5.74) is 0. The fraction of sp³-hybridized carbons (Fsp3) is 0.708. The third-order valence-corrected chi connectivity index (χ3v) is 12.6. The highest BCUT2D eigenvalue weighted by molar-refractivity contribution is 5.71. The van der Waals surface area contributed by atoms with E-state index in [0.717, 1.165) is 122 Å². The van der Waals surface area contributed by atoms with Gasteiger partial charge in [0, 0.05) is 19.3 Å².